The van der Waals surface area contributed by atoms with Crippen LogP contribution in [-0.4, -0.2) is 14.9 Å². The molecular formula is C18H26N2O. The Morgan fingerprint density at radius 2 is 1.86 bits per heavy atom. The van der Waals surface area contributed by atoms with Crippen LogP contribution in [0.3, 0.4) is 0 Å². The molecule has 3 nitrogen and oxygen atoms in total. The minimum absolute atomic E-state index is 0.308. The third kappa shape index (κ3) is 3.66. The molecule has 0 aliphatic carbocycles. The predicted octanol–water partition coefficient (Wildman–Crippen LogP) is 4.56. The van der Waals surface area contributed by atoms with Gasteiger partial charge in [-0.05, 0) is 31.2 Å². The molecule has 0 atom stereocenters. The van der Waals surface area contributed by atoms with Crippen LogP contribution in [-0.2, 0) is 13.0 Å². The van der Waals surface area contributed by atoms with Gasteiger partial charge in [0.2, 0.25) is 5.88 Å². The fraction of sp³-hybridized carbons (Fsp3) is 0.500. The molecule has 0 saturated carbocycles. The van der Waals surface area contributed by atoms with Crippen molar-refractivity contribution in [3.05, 3.63) is 35.5 Å². The first-order valence-electron chi connectivity index (χ1n) is 7.88. The lowest BCUT2D eigenvalue weighted by atomic mass is 9.99. The van der Waals surface area contributed by atoms with E-state index in [1.165, 1.54) is 5.56 Å². The molecular weight excluding hydrogens is 260 g/mol. The minimum atomic E-state index is 0.308. The summed E-state index contributed by atoms with van der Waals surface area (Å²) in [6.07, 6.45) is 3.01. The van der Waals surface area contributed by atoms with Crippen molar-refractivity contribution in [2.24, 2.45) is 5.92 Å². The lowest BCUT2D eigenvalue weighted by Gasteiger charge is -2.06. The Morgan fingerprint density at radius 3 is 2.43 bits per heavy atom. The highest BCUT2D eigenvalue weighted by molar-refractivity contribution is 5.71. The first-order chi connectivity index (χ1) is 10.0. The Kier molecular flexibility index (Phi) is 5.05. The van der Waals surface area contributed by atoms with Crippen molar-refractivity contribution < 1.29 is 5.11 Å². The summed E-state index contributed by atoms with van der Waals surface area (Å²) < 4.78 is 1.76. The minimum Gasteiger partial charge on any atom is -0.493 e. The zero-order valence-corrected chi connectivity index (χ0v) is 13.6. The van der Waals surface area contributed by atoms with Gasteiger partial charge >= 0.3 is 0 Å². The number of aromatic hydroxyl groups is 1. The second kappa shape index (κ2) is 6.79. The lowest BCUT2D eigenvalue weighted by molar-refractivity contribution is 0.394. The molecule has 2 rings (SSSR count). The van der Waals surface area contributed by atoms with Crippen molar-refractivity contribution in [2.75, 3.05) is 0 Å². The largest absolute Gasteiger partial charge is 0.493 e. The molecule has 21 heavy (non-hydrogen) atoms. The predicted molar refractivity (Wildman–Crippen MR) is 87.5 cm³/mol. The first kappa shape index (κ1) is 15.6. The number of hydrogen-bond donors (Lipinski definition) is 1. The van der Waals surface area contributed by atoms with Crippen molar-refractivity contribution in [3.8, 4) is 17.0 Å². The number of hydrogen-bond acceptors (Lipinski definition) is 2. The van der Waals surface area contributed by atoms with Gasteiger partial charge in [0, 0.05) is 6.54 Å². The molecule has 0 amide bonds. The molecule has 0 spiro atoms. The molecule has 2 aromatic rings. The highest BCUT2D eigenvalue weighted by Gasteiger charge is 2.19. The van der Waals surface area contributed by atoms with E-state index in [1.807, 2.05) is 0 Å². The topological polar surface area (TPSA) is 38.0 Å². The van der Waals surface area contributed by atoms with Gasteiger partial charge in [0.15, 0.2) is 0 Å². The van der Waals surface area contributed by atoms with Crippen LogP contribution in [0.4, 0.5) is 0 Å². The summed E-state index contributed by atoms with van der Waals surface area (Å²) in [5.74, 6) is 0.825. The van der Waals surface area contributed by atoms with Crippen molar-refractivity contribution in [1.29, 1.82) is 0 Å². The average molecular weight is 286 g/mol. The van der Waals surface area contributed by atoms with Crippen LogP contribution in [0.15, 0.2) is 24.3 Å². The van der Waals surface area contributed by atoms with Gasteiger partial charge in [-0.1, -0.05) is 57.0 Å². The van der Waals surface area contributed by atoms with Gasteiger partial charge in [0.25, 0.3) is 0 Å². The average Bonchev–Trinajstić information content (AvgIpc) is 2.73. The summed E-state index contributed by atoms with van der Waals surface area (Å²) in [5, 5.41) is 15.2. The maximum atomic E-state index is 10.6. The Labute approximate surface area is 127 Å². The highest BCUT2D eigenvalue weighted by Crippen LogP contribution is 2.34. The fourth-order valence-corrected chi connectivity index (χ4v) is 2.51. The zero-order chi connectivity index (χ0) is 15.4. The van der Waals surface area contributed by atoms with Crippen molar-refractivity contribution in [3.63, 3.8) is 0 Å². The highest BCUT2D eigenvalue weighted by atomic mass is 16.3. The van der Waals surface area contributed by atoms with E-state index < -0.39 is 0 Å². The smallest absolute Gasteiger partial charge is 0.217 e. The Bertz CT molecular complexity index is 582. The van der Waals surface area contributed by atoms with Gasteiger partial charge in [0.05, 0.1) is 11.3 Å². The second-order valence-corrected chi connectivity index (χ2v) is 6.19. The molecule has 1 N–H and O–H groups in total. The van der Waals surface area contributed by atoms with Crippen LogP contribution in [0.1, 0.15) is 44.9 Å². The maximum absolute atomic E-state index is 10.6. The van der Waals surface area contributed by atoms with Gasteiger partial charge in [-0.3, -0.25) is 0 Å². The van der Waals surface area contributed by atoms with Gasteiger partial charge in [-0.15, -0.1) is 0 Å². The van der Waals surface area contributed by atoms with Crippen LogP contribution < -0.4 is 0 Å². The summed E-state index contributed by atoms with van der Waals surface area (Å²) >= 11 is 0. The summed E-state index contributed by atoms with van der Waals surface area (Å²) in [6.45, 7) is 9.36. The molecule has 1 aromatic carbocycles. The van der Waals surface area contributed by atoms with E-state index in [1.54, 1.807) is 4.68 Å². The van der Waals surface area contributed by atoms with Crippen LogP contribution in [0.2, 0.25) is 0 Å². The molecule has 0 aliphatic rings. The van der Waals surface area contributed by atoms with Gasteiger partial charge < -0.3 is 5.11 Å². The molecule has 114 valence electrons. The van der Waals surface area contributed by atoms with Gasteiger partial charge in [0.1, 0.15) is 0 Å². The Morgan fingerprint density at radius 1 is 1.19 bits per heavy atom. The molecule has 1 aromatic heterocycles. The zero-order valence-electron chi connectivity index (χ0n) is 13.6. The number of nitrogens with zero attached hydrogens (tertiary/aromatic N) is 2. The third-order valence-electron chi connectivity index (χ3n) is 3.66. The number of aromatic nitrogens is 2. The Hall–Kier alpha value is -1.77. The Balaban J connectivity index is 2.45. The summed E-state index contributed by atoms with van der Waals surface area (Å²) in [6, 6.07) is 8.30. The van der Waals surface area contributed by atoms with Crippen LogP contribution in [0, 0.1) is 12.8 Å². The number of aryl methyl sites for hydroxylation is 2. The normalized spacial score (nSPS) is 11.3. The fourth-order valence-electron chi connectivity index (χ4n) is 2.51. The molecule has 1 heterocycles. The van der Waals surface area contributed by atoms with Crippen molar-refractivity contribution in [2.45, 2.75) is 53.5 Å². The van der Waals surface area contributed by atoms with E-state index in [-0.39, 0.29) is 0 Å². The van der Waals surface area contributed by atoms with E-state index in [2.05, 4.69) is 57.1 Å². The second-order valence-electron chi connectivity index (χ2n) is 6.19. The van der Waals surface area contributed by atoms with Gasteiger partial charge in [-0.2, -0.15) is 5.10 Å². The maximum Gasteiger partial charge on any atom is 0.217 e. The lowest BCUT2D eigenvalue weighted by Crippen LogP contribution is -2.01. The number of rotatable bonds is 6. The van der Waals surface area contributed by atoms with E-state index in [0.717, 1.165) is 42.6 Å². The molecule has 0 bridgehead atoms. The molecule has 0 unspecified atom stereocenters. The van der Waals surface area contributed by atoms with Crippen LogP contribution in [0.5, 0.6) is 5.88 Å². The van der Waals surface area contributed by atoms with E-state index >= 15 is 0 Å². The standard InChI is InChI=1S/C18H26N2O/c1-5-6-11-20-18(21)17(16(19-20)12-13(2)3)15-9-7-14(4)8-10-15/h7-10,13,21H,5-6,11-12H2,1-4H3. The third-order valence-corrected chi connectivity index (χ3v) is 3.66. The quantitative estimate of drug-likeness (QED) is 0.845. The first-order valence-corrected chi connectivity index (χ1v) is 7.88. The number of unbranched alkanes of at least 4 members (excludes halogenated alkanes) is 1. The monoisotopic (exact) mass is 286 g/mol. The number of benzene rings is 1. The van der Waals surface area contributed by atoms with E-state index in [0.29, 0.717) is 11.8 Å². The molecule has 3 heteroatoms. The van der Waals surface area contributed by atoms with Crippen LogP contribution >= 0.6 is 0 Å². The van der Waals surface area contributed by atoms with E-state index in [4.69, 9.17) is 0 Å². The molecule has 0 fully saturated rings. The van der Waals surface area contributed by atoms with E-state index in [9.17, 15) is 5.11 Å². The summed E-state index contributed by atoms with van der Waals surface area (Å²) in [4.78, 5) is 0. The molecule has 0 saturated heterocycles. The molecule has 0 radical (unpaired) electrons. The molecule has 0 aliphatic heterocycles. The van der Waals surface area contributed by atoms with Crippen molar-refractivity contribution >= 4 is 0 Å². The summed E-state index contributed by atoms with van der Waals surface area (Å²) in [5.41, 5.74) is 4.18. The van der Waals surface area contributed by atoms with Crippen LogP contribution in [0.25, 0.3) is 11.1 Å². The van der Waals surface area contributed by atoms with Crippen molar-refractivity contribution in [1.82, 2.24) is 9.78 Å². The van der Waals surface area contributed by atoms with Gasteiger partial charge in [-0.25, -0.2) is 4.68 Å². The summed E-state index contributed by atoms with van der Waals surface area (Å²) in [7, 11) is 0. The SMILES string of the molecule is CCCCn1nc(CC(C)C)c(-c2ccc(C)cc2)c1O.